The van der Waals surface area contributed by atoms with Crippen molar-refractivity contribution in [3.63, 3.8) is 0 Å². The average Bonchev–Trinajstić information content (AvgIpc) is 0.722. The third kappa shape index (κ3) is 105. The summed E-state index contributed by atoms with van der Waals surface area (Å²) in [5.74, 6) is 0. The van der Waals surface area contributed by atoms with Gasteiger partial charge in [0.2, 0.25) is 0 Å². The van der Waals surface area contributed by atoms with E-state index in [-0.39, 0.29) is 57.5 Å². The number of hydrogen-bond acceptors (Lipinski definition) is 1. The fourth-order valence-corrected chi connectivity index (χ4v) is 0. The van der Waals surface area contributed by atoms with Crippen molar-refractivity contribution >= 4 is 7.82 Å². The van der Waals surface area contributed by atoms with Crippen LogP contribution in [0.15, 0.2) is 0 Å². The van der Waals surface area contributed by atoms with Crippen molar-refractivity contribution in [2.24, 2.45) is 0 Å². The van der Waals surface area contributed by atoms with Crippen LogP contribution >= 0.6 is 7.82 Å². The molecule has 0 bridgehead atoms. The predicted octanol–water partition coefficient (Wildman–Crippen LogP) is -4.41. The molecule has 0 atom stereocenters. The molecule has 0 heterocycles. The molecule has 0 aliphatic rings. The van der Waals surface area contributed by atoms with Crippen LogP contribution in [0.4, 0.5) is 0 Å². The Morgan fingerprint density at radius 2 is 1.14 bits per heavy atom. The van der Waals surface area contributed by atoms with E-state index in [0.717, 1.165) is 0 Å². The predicted molar refractivity (Wildman–Crippen MR) is 16.4 cm³/mol. The van der Waals surface area contributed by atoms with Crippen molar-refractivity contribution in [1.29, 1.82) is 0 Å². The molecule has 0 aliphatic carbocycles. The van der Waals surface area contributed by atoms with Crippen LogP contribution in [0.25, 0.3) is 0 Å². The summed E-state index contributed by atoms with van der Waals surface area (Å²) in [5, 5.41) is 0. The van der Waals surface area contributed by atoms with E-state index in [9.17, 15) is 0 Å². The van der Waals surface area contributed by atoms with Crippen molar-refractivity contribution in [2.45, 2.75) is 0 Å². The Labute approximate surface area is 83.4 Å². The number of phosphoric acid groups is 1. The molecule has 0 rings (SSSR count). The molecule has 3 N–H and O–H groups in total. The molecular weight excluding hydrogens is 148 g/mol. The number of rotatable bonds is 0. The minimum Gasteiger partial charge on any atom is -0.303 e. The summed E-state index contributed by atoms with van der Waals surface area (Å²) in [6.07, 6.45) is 0. The van der Waals surface area contributed by atoms with Crippen molar-refractivity contribution in [1.82, 2.24) is 6.15 Å². The van der Waals surface area contributed by atoms with Crippen LogP contribution in [0.2, 0.25) is 0 Å². The monoisotopic (exact) mass is 151 g/mol. The first kappa shape index (κ1) is 15.8. The van der Waals surface area contributed by atoms with Crippen molar-refractivity contribution < 1.29 is 70.6 Å². The van der Waals surface area contributed by atoms with E-state index in [4.69, 9.17) is 19.2 Å². The van der Waals surface area contributed by atoms with Gasteiger partial charge >= 0.3 is 65.4 Å². The third-order valence-corrected chi connectivity index (χ3v) is 0. The summed E-state index contributed by atoms with van der Waals surface area (Å²) in [5.41, 5.74) is 0. The van der Waals surface area contributed by atoms with Crippen molar-refractivity contribution in [2.75, 3.05) is 0 Å². The summed E-state index contributed by atoms with van der Waals surface area (Å²) < 4.78 is 8.88. The molecule has 0 saturated carbocycles. The second-order valence-electron chi connectivity index (χ2n) is 0.513. The maximum atomic E-state index is 8.88. The first-order chi connectivity index (χ1) is 2.00. The Balaban J connectivity index is -0.0000000800. The van der Waals surface area contributed by atoms with Gasteiger partial charge in [0, 0.05) is 0 Å². The molecule has 0 fully saturated rings. The van der Waals surface area contributed by atoms with E-state index in [1.54, 1.807) is 0 Å². The van der Waals surface area contributed by atoms with E-state index < -0.39 is 7.82 Å². The summed E-state index contributed by atoms with van der Waals surface area (Å²) in [7, 11) is -4.64. The first-order valence-corrected chi connectivity index (χ1v) is 2.35. The first-order valence-electron chi connectivity index (χ1n) is 0.783. The molecule has 7 heavy (non-hydrogen) atoms. The molecule has 5 nitrogen and oxygen atoms in total. The molecule has 0 aromatic rings. The number of hydrogen-bond donors (Lipinski definition) is 3. The van der Waals surface area contributed by atoms with E-state index in [2.05, 4.69) is 0 Å². The molecule has 7 heteroatoms. The van der Waals surface area contributed by atoms with E-state index in [0.29, 0.717) is 0 Å². The van der Waals surface area contributed by atoms with Gasteiger partial charge < -0.3 is 14.7 Å². The molecule has 34 valence electrons. The quantitative estimate of drug-likeness (QED) is 0.240. The van der Waals surface area contributed by atoms with Gasteiger partial charge in [-0.15, -0.1) is 0 Å². The van der Waals surface area contributed by atoms with E-state index in [1.807, 2.05) is 0 Å². The van der Waals surface area contributed by atoms with Crippen LogP contribution in [-0.4, -0.2) is 14.7 Å². The van der Waals surface area contributed by atoms with Gasteiger partial charge in [-0.3, -0.25) is 0 Å². The topological polar surface area (TPSA) is 108 Å². The van der Waals surface area contributed by atoms with Crippen LogP contribution in [0.3, 0.4) is 0 Å². The van der Waals surface area contributed by atoms with Gasteiger partial charge in [0.25, 0.3) is 0 Å². The van der Waals surface area contributed by atoms with Crippen molar-refractivity contribution in [3.8, 4) is 0 Å². The molecule has 0 aromatic carbocycles. The Kier molecular flexibility index (Phi) is 12.6. The third-order valence-electron chi connectivity index (χ3n) is 0. The standard InChI is InChI=1S/K.N.H3O4P/c;;1-5(2,3)4/h;;(H3,1,2,3,4)/q+1;+3;. The molecular formula is H3KNO4P+4. The van der Waals surface area contributed by atoms with Crippen LogP contribution in [0.1, 0.15) is 0 Å². The fraction of sp³-hybridized carbons (Fsp3) is 0. The molecule has 0 saturated heterocycles. The van der Waals surface area contributed by atoms with Gasteiger partial charge in [-0.1, -0.05) is 0 Å². The van der Waals surface area contributed by atoms with Crippen LogP contribution < -0.4 is 57.5 Å². The van der Waals surface area contributed by atoms with Gasteiger partial charge in [-0.05, 0) is 0 Å². The largest absolute Gasteiger partial charge is 3.00 e. The average molecular weight is 151 g/mol. The second-order valence-corrected chi connectivity index (χ2v) is 1.54. The van der Waals surface area contributed by atoms with Crippen LogP contribution in [0.5, 0.6) is 0 Å². The molecule has 2 radical (unpaired) electrons. The Morgan fingerprint density at radius 1 is 1.14 bits per heavy atom. The Hall–Kier alpha value is 1.46. The zero-order chi connectivity index (χ0) is 4.50. The van der Waals surface area contributed by atoms with E-state index in [1.165, 1.54) is 0 Å². The number of nitrogens with zero attached hydrogens (tertiary/aromatic N) is 1. The maximum Gasteiger partial charge on any atom is 3.00 e. The van der Waals surface area contributed by atoms with Crippen LogP contribution in [-0.2, 0) is 4.57 Å². The Bertz CT molecular complexity index is 57.8. The fourth-order valence-electron chi connectivity index (χ4n) is 0. The summed E-state index contributed by atoms with van der Waals surface area (Å²) in [4.78, 5) is 21.6. The molecule has 0 aliphatic heterocycles. The van der Waals surface area contributed by atoms with Gasteiger partial charge in [-0.25, -0.2) is 4.57 Å². The smallest absolute Gasteiger partial charge is 0.303 e. The minimum absolute atomic E-state index is 0. The van der Waals surface area contributed by atoms with Gasteiger partial charge in [0.1, 0.15) is 0 Å². The summed E-state index contributed by atoms with van der Waals surface area (Å²) in [6, 6.07) is 0. The summed E-state index contributed by atoms with van der Waals surface area (Å²) in [6.45, 7) is 0. The molecule has 0 spiro atoms. The second kappa shape index (κ2) is 5.59. The van der Waals surface area contributed by atoms with Gasteiger partial charge in [-0.2, -0.15) is 0 Å². The minimum atomic E-state index is -4.64. The van der Waals surface area contributed by atoms with Crippen LogP contribution in [0, 0.1) is 0 Å². The van der Waals surface area contributed by atoms with E-state index >= 15 is 0 Å². The SMILES string of the molecule is O=P(O)(O)O.[K+].[N+3]. The molecule has 0 aromatic heterocycles. The normalized spacial score (nSPS) is 8.43. The zero-order valence-electron chi connectivity index (χ0n) is 3.64. The molecule has 0 unspecified atom stereocenters. The molecule has 0 amide bonds. The Morgan fingerprint density at radius 3 is 1.14 bits per heavy atom. The maximum absolute atomic E-state index is 8.88. The van der Waals surface area contributed by atoms with Gasteiger partial charge in [0.15, 0.2) is 0 Å². The van der Waals surface area contributed by atoms with Crippen molar-refractivity contribution in [3.05, 3.63) is 0 Å². The van der Waals surface area contributed by atoms with Gasteiger partial charge in [0.05, 0.1) is 0 Å². The zero-order valence-corrected chi connectivity index (χ0v) is 7.66. The summed E-state index contributed by atoms with van der Waals surface area (Å²) >= 11 is 0.